The van der Waals surface area contributed by atoms with Crippen molar-refractivity contribution in [2.45, 2.75) is 18.4 Å². The zero-order valence-corrected chi connectivity index (χ0v) is 12.4. The first-order chi connectivity index (χ1) is 8.86. The van der Waals surface area contributed by atoms with Gasteiger partial charge < -0.3 is 5.32 Å². The molecular formula is C11H12ClN3O2S2. The fourth-order valence-electron chi connectivity index (χ4n) is 1.47. The largest absolute Gasteiger partial charge is 0.377 e. The molecule has 0 atom stereocenters. The van der Waals surface area contributed by atoms with Gasteiger partial charge in [-0.25, -0.2) is 18.5 Å². The van der Waals surface area contributed by atoms with Gasteiger partial charge in [0.05, 0.1) is 22.2 Å². The van der Waals surface area contributed by atoms with Crippen LogP contribution in [0.3, 0.4) is 0 Å². The number of rotatable bonds is 4. The molecule has 2 rings (SSSR count). The number of nitrogens with two attached hydrogens (primary N) is 1. The fourth-order valence-corrected chi connectivity index (χ4v) is 2.91. The van der Waals surface area contributed by atoms with E-state index in [-0.39, 0.29) is 4.90 Å². The molecule has 0 bridgehead atoms. The van der Waals surface area contributed by atoms with E-state index >= 15 is 0 Å². The first-order valence-electron chi connectivity index (χ1n) is 5.33. The minimum atomic E-state index is -3.73. The summed E-state index contributed by atoms with van der Waals surface area (Å²) in [6, 6.07) is 4.28. The number of hydrogen-bond acceptors (Lipinski definition) is 5. The van der Waals surface area contributed by atoms with Crippen molar-refractivity contribution in [2.24, 2.45) is 5.14 Å². The normalized spacial score (nSPS) is 11.5. The van der Waals surface area contributed by atoms with Crippen LogP contribution in [-0.2, 0) is 16.6 Å². The van der Waals surface area contributed by atoms with E-state index in [9.17, 15) is 8.42 Å². The minimum Gasteiger partial charge on any atom is -0.377 e. The molecule has 3 N–H and O–H groups in total. The molecule has 0 spiro atoms. The molecule has 0 aliphatic heterocycles. The number of thiazole rings is 1. The second kappa shape index (κ2) is 5.46. The lowest BCUT2D eigenvalue weighted by atomic mass is 10.3. The maximum Gasteiger partial charge on any atom is 0.238 e. The number of benzene rings is 1. The van der Waals surface area contributed by atoms with E-state index in [4.69, 9.17) is 16.7 Å². The molecule has 0 amide bonds. The number of nitrogens with zero attached hydrogens (tertiary/aromatic N) is 1. The number of primary sulfonamides is 1. The lowest BCUT2D eigenvalue weighted by Crippen LogP contribution is -2.12. The van der Waals surface area contributed by atoms with E-state index in [0.717, 1.165) is 10.7 Å². The number of hydrogen-bond donors (Lipinski definition) is 2. The molecule has 0 unspecified atom stereocenters. The molecule has 0 saturated carbocycles. The van der Waals surface area contributed by atoms with E-state index in [0.29, 0.717) is 17.3 Å². The molecule has 1 aromatic heterocycles. The van der Waals surface area contributed by atoms with E-state index in [1.165, 1.54) is 29.5 Å². The average molecular weight is 318 g/mol. The Kier molecular flexibility index (Phi) is 4.10. The van der Waals surface area contributed by atoms with Gasteiger partial charge in [0.25, 0.3) is 0 Å². The average Bonchev–Trinajstić information content (AvgIpc) is 2.72. The molecule has 0 fully saturated rings. The van der Waals surface area contributed by atoms with E-state index in [2.05, 4.69) is 10.3 Å². The standard InChI is InChI=1S/C11H12ClN3O2S2/c1-7-6-18-11(15-7)5-14-10-4-8(19(13,16)17)2-3-9(10)12/h2-4,6,14H,5H2,1H3,(H2,13,16,17). The third-order valence-corrected chi connectivity index (χ3v) is 4.57. The zero-order chi connectivity index (χ0) is 14.0. The molecule has 19 heavy (non-hydrogen) atoms. The van der Waals surface area contributed by atoms with Crippen molar-refractivity contribution in [2.75, 3.05) is 5.32 Å². The van der Waals surface area contributed by atoms with Crippen molar-refractivity contribution < 1.29 is 8.42 Å². The minimum absolute atomic E-state index is 0.0229. The molecule has 5 nitrogen and oxygen atoms in total. The number of anilines is 1. The molecule has 8 heteroatoms. The Hall–Kier alpha value is -1.15. The van der Waals surface area contributed by atoms with Crippen molar-refractivity contribution in [3.63, 3.8) is 0 Å². The van der Waals surface area contributed by atoms with Gasteiger partial charge in [0.15, 0.2) is 0 Å². The van der Waals surface area contributed by atoms with Crippen LogP contribution in [0.4, 0.5) is 5.69 Å². The monoisotopic (exact) mass is 317 g/mol. The molecular weight excluding hydrogens is 306 g/mol. The number of nitrogens with one attached hydrogen (secondary N) is 1. The van der Waals surface area contributed by atoms with Crippen molar-refractivity contribution >= 4 is 38.6 Å². The smallest absolute Gasteiger partial charge is 0.238 e. The number of sulfonamides is 1. The molecule has 0 radical (unpaired) electrons. The van der Waals surface area contributed by atoms with Gasteiger partial charge in [0.1, 0.15) is 5.01 Å². The number of aromatic nitrogens is 1. The van der Waals surface area contributed by atoms with Crippen LogP contribution in [0.25, 0.3) is 0 Å². The van der Waals surface area contributed by atoms with Crippen LogP contribution in [0.2, 0.25) is 5.02 Å². The molecule has 0 aliphatic carbocycles. The van der Waals surface area contributed by atoms with Crippen LogP contribution in [0.1, 0.15) is 10.7 Å². The summed E-state index contributed by atoms with van der Waals surface area (Å²) in [6.07, 6.45) is 0. The second-order valence-electron chi connectivity index (χ2n) is 3.92. The maximum atomic E-state index is 11.3. The first kappa shape index (κ1) is 14.3. The van der Waals surface area contributed by atoms with Gasteiger partial charge in [0, 0.05) is 11.1 Å². The third kappa shape index (κ3) is 3.66. The lowest BCUT2D eigenvalue weighted by Gasteiger charge is -2.08. The molecule has 0 aliphatic rings. The summed E-state index contributed by atoms with van der Waals surface area (Å²) >= 11 is 7.53. The molecule has 1 aromatic carbocycles. The summed E-state index contributed by atoms with van der Waals surface area (Å²) in [4.78, 5) is 4.32. The highest BCUT2D eigenvalue weighted by Gasteiger charge is 2.11. The Balaban J connectivity index is 2.20. The van der Waals surface area contributed by atoms with Crippen LogP contribution in [0.15, 0.2) is 28.5 Å². The van der Waals surface area contributed by atoms with Crippen LogP contribution in [-0.4, -0.2) is 13.4 Å². The van der Waals surface area contributed by atoms with Gasteiger partial charge in [-0.2, -0.15) is 0 Å². The predicted octanol–water partition coefficient (Wildman–Crippen LogP) is 2.36. The fraction of sp³-hybridized carbons (Fsp3) is 0.182. The zero-order valence-electron chi connectivity index (χ0n) is 10.1. The SMILES string of the molecule is Cc1csc(CNc2cc(S(N)(=O)=O)ccc2Cl)n1. The highest BCUT2D eigenvalue weighted by atomic mass is 35.5. The second-order valence-corrected chi connectivity index (χ2v) is 6.83. The first-order valence-corrected chi connectivity index (χ1v) is 8.14. The summed E-state index contributed by atoms with van der Waals surface area (Å²) in [6.45, 7) is 2.39. The van der Waals surface area contributed by atoms with Crippen molar-refractivity contribution in [1.29, 1.82) is 0 Å². The van der Waals surface area contributed by atoms with Gasteiger partial charge in [-0.15, -0.1) is 11.3 Å². The van der Waals surface area contributed by atoms with Gasteiger partial charge in [-0.05, 0) is 25.1 Å². The molecule has 0 saturated heterocycles. The highest BCUT2D eigenvalue weighted by Crippen LogP contribution is 2.25. The van der Waals surface area contributed by atoms with Gasteiger partial charge in [-0.1, -0.05) is 11.6 Å². The van der Waals surface area contributed by atoms with Gasteiger partial charge in [0.2, 0.25) is 10.0 Å². The molecule has 2 aromatic rings. The number of aryl methyl sites for hydroxylation is 1. The molecule has 102 valence electrons. The summed E-state index contributed by atoms with van der Waals surface area (Å²) in [7, 11) is -3.73. The van der Waals surface area contributed by atoms with Crippen LogP contribution >= 0.6 is 22.9 Å². The van der Waals surface area contributed by atoms with Gasteiger partial charge in [-0.3, -0.25) is 0 Å². The summed E-state index contributed by atoms with van der Waals surface area (Å²) in [5.41, 5.74) is 1.47. The predicted molar refractivity (Wildman–Crippen MR) is 77.0 cm³/mol. The summed E-state index contributed by atoms with van der Waals surface area (Å²) in [5.74, 6) is 0. The van der Waals surface area contributed by atoms with E-state index in [1.807, 2.05) is 12.3 Å². The maximum absolute atomic E-state index is 11.3. The van der Waals surface area contributed by atoms with Crippen LogP contribution in [0.5, 0.6) is 0 Å². The van der Waals surface area contributed by atoms with Crippen molar-refractivity contribution in [3.8, 4) is 0 Å². The number of halogens is 1. The Labute approximate surface area is 120 Å². The Morgan fingerprint density at radius 2 is 2.21 bits per heavy atom. The Bertz CT molecular complexity index is 698. The Morgan fingerprint density at radius 1 is 1.47 bits per heavy atom. The van der Waals surface area contributed by atoms with Gasteiger partial charge >= 0.3 is 0 Å². The summed E-state index contributed by atoms with van der Waals surface area (Å²) in [5, 5.41) is 11.4. The van der Waals surface area contributed by atoms with Crippen LogP contribution < -0.4 is 10.5 Å². The van der Waals surface area contributed by atoms with Crippen molar-refractivity contribution in [1.82, 2.24) is 4.98 Å². The molecule has 1 heterocycles. The Morgan fingerprint density at radius 3 is 2.79 bits per heavy atom. The topological polar surface area (TPSA) is 85.1 Å². The summed E-state index contributed by atoms with van der Waals surface area (Å²) < 4.78 is 22.5. The van der Waals surface area contributed by atoms with E-state index < -0.39 is 10.0 Å². The highest BCUT2D eigenvalue weighted by molar-refractivity contribution is 7.89. The van der Waals surface area contributed by atoms with E-state index in [1.54, 1.807) is 0 Å². The third-order valence-electron chi connectivity index (χ3n) is 2.36. The lowest BCUT2D eigenvalue weighted by molar-refractivity contribution is 0.598. The quantitative estimate of drug-likeness (QED) is 0.906. The van der Waals surface area contributed by atoms with Crippen molar-refractivity contribution in [3.05, 3.63) is 39.3 Å². The van der Waals surface area contributed by atoms with Crippen LogP contribution in [0, 0.1) is 6.92 Å².